The molecule has 2 aliphatic rings. The fourth-order valence-electron chi connectivity index (χ4n) is 5.42. The number of benzene rings is 2. The zero-order valence-electron chi connectivity index (χ0n) is 20.0. The fourth-order valence-corrected chi connectivity index (χ4v) is 5.42. The van der Waals surface area contributed by atoms with Crippen molar-refractivity contribution in [2.75, 3.05) is 13.7 Å². The van der Waals surface area contributed by atoms with Crippen LogP contribution in [0.25, 0.3) is 11.1 Å². The van der Waals surface area contributed by atoms with Crippen LogP contribution < -0.4 is 15.0 Å². The van der Waals surface area contributed by atoms with Gasteiger partial charge in [-0.05, 0) is 60.6 Å². The summed E-state index contributed by atoms with van der Waals surface area (Å²) in [6.07, 6.45) is 3.92. The van der Waals surface area contributed by atoms with E-state index in [2.05, 4.69) is 25.1 Å². The van der Waals surface area contributed by atoms with Gasteiger partial charge in [-0.1, -0.05) is 24.3 Å². The maximum Gasteiger partial charge on any atom is 0.306 e. The van der Waals surface area contributed by atoms with Crippen molar-refractivity contribution in [3.05, 3.63) is 80.8 Å². The van der Waals surface area contributed by atoms with Crippen molar-refractivity contribution in [2.45, 2.75) is 45.1 Å². The van der Waals surface area contributed by atoms with Gasteiger partial charge >= 0.3 is 5.97 Å². The number of esters is 1. The van der Waals surface area contributed by atoms with Gasteiger partial charge in [0.1, 0.15) is 17.6 Å². The highest BCUT2D eigenvalue weighted by atomic mass is 16.5. The molecule has 0 radical (unpaired) electrons. The maximum atomic E-state index is 12.6. The Balaban J connectivity index is 1.42. The average Bonchev–Trinajstić information content (AvgIpc) is 3.42. The predicted octanol–water partition coefficient (Wildman–Crippen LogP) is 4.77. The van der Waals surface area contributed by atoms with Gasteiger partial charge in [0.25, 0.3) is 5.56 Å². The van der Waals surface area contributed by atoms with E-state index < -0.39 is 0 Å². The molecular weight excluding hydrogens is 430 g/mol. The Morgan fingerprint density at radius 1 is 1.18 bits per heavy atom. The van der Waals surface area contributed by atoms with Crippen LogP contribution in [-0.4, -0.2) is 24.3 Å². The molecule has 0 N–H and O–H groups in total. The Kier molecular flexibility index (Phi) is 5.68. The van der Waals surface area contributed by atoms with E-state index in [1.54, 1.807) is 11.6 Å². The Morgan fingerprint density at radius 2 is 2.00 bits per heavy atom. The highest BCUT2D eigenvalue weighted by molar-refractivity contribution is 5.75. The number of methoxy groups -OCH3 is 1. The second-order valence-corrected chi connectivity index (χ2v) is 9.23. The predicted molar refractivity (Wildman–Crippen MR) is 130 cm³/mol. The number of nitrogens with zero attached hydrogens (tertiary/aromatic N) is 1. The standard InChI is InChI=1S/C28H29NO5/c1-16-14-29(3)28(31)17(2)27(16)23-7-5-6-22-21(23)10-11-24(22)34-19-8-9-20-18(12-26(30)32-4)15-33-25(20)13-19/h5-9,13-14,18,24H,10-12,15H2,1-4H3. The molecule has 3 aromatic rings. The molecule has 176 valence electrons. The number of carbonyl (C=O) groups excluding carboxylic acids is 1. The van der Waals surface area contributed by atoms with Gasteiger partial charge in [-0.25, -0.2) is 0 Å². The fraction of sp³-hybridized carbons (Fsp3) is 0.357. The van der Waals surface area contributed by atoms with Gasteiger partial charge in [0, 0.05) is 36.4 Å². The van der Waals surface area contributed by atoms with Crippen LogP contribution in [0.4, 0.5) is 0 Å². The zero-order valence-corrected chi connectivity index (χ0v) is 20.0. The first-order valence-corrected chi connectivity index (χ1v) is 11.7. The first-order valence-electron chi connectivity index (χ1n) is 11.7. The Labute approximate surface area is 199 Å². The van der Waals surface area contributed by atoms with Gasteiger partial charge in [-0.15, -0.1) is 0 Å². The van der Waals surface area contributed by atoms with Gasteiger partial charge in [0.15, 0.2) is 0 Å². The molecule has 34 heavy (non-hydrogen) atoms. The topological polar surface area (TPSA) is 66.8 Å². The molecule has 2 aromatic carbocycles. The van der Waals surface area contributed by atoms with E-state index >= 15 is 0 Å². The van der Waals surface area contributed by atoms with Gasteiger partial charge in [-0.2, -0.15) is 0 Å². The molecule has 0 amide bonds. The summed E-state index contributed by atoms with van der Waals surface area (Å²) in [7, 11) is 3.20. The summed E-state index contributed by atoms with van der Waals surface area (Å²) < 4.78 is 18.7. The summed E-state index contributed by atoms with van der Waals surface area (Å²) in [4.78, 5) is 24.3. The number of pyridine rings is 1. The van der Waals surface area contributed by atoms with E-state index in [1.807, 2.05) is 31.3 Å². The Bertz CT molecular complexity index is 1340. The normalized spacial score (nSPS) is 18.2. The van der Waals surface area contributed by atoms with E-state index in [1.165, 1.54) is 18.2 Å². The van der Waals surface area contributed by atoms with E-state index in [4.69, 9.17) is 14.2 Å². The molecule has 1 aliphatic heterocycles. The summed E-state index contributed by atoms with van der Waals surface area (Å²) in [6, 6.07) is 12.1. The lowest BCUT2D eigenvalue weighted by atomic mass is 9.92. The van der Waals surface area contributed by atoms with E-state index in [-0.39, 0.29) is 23.6 Å². The summed E-state index contributed by atoms with van der Waals surface area (Å²) in [5, 5.41) is 0. The second-order valence-electron chi connectivity index (χ2n) is 9.23. The van der Waals surface area contributed by atoms with Crippen molar-refractivity contribution in [3.63, 3.8) is 0 Å². The molecule has 2 unspecified atom stereocenters. The van der Waals surface area contributed by atoms with E-state index in [0.717, 1.165) is 52.2 Å². The quantitative estimate of drug-likeness (QED) is 0.514. The first kappa shape index (κ1) is 22.3. The third-order valence-corrected chi connectivity index (χ3v) is 7.07. The Hall–Kier alpha value is -3.54. The van der Waals surface area contributed by atoms with E-state index in [9.17, 15) is 9.59 Å². The van der Waals surface area contributed by atoms with Crippen LogP contribution in [0.2, 0.25) is 0 Å². The number of aromatic nitrogens is 1. The molecule has 0 spiro atoms. The lowest BCUT2D eigenvalue weighted by Crippen LogP contribution is -2.20. The third-order valence-electron chi connectivity index (χ3n) is 7.07. The van der Waals surface area contributed by atoms with Gasteiger partial charge < -0.3 is 18.8 Å². The van der Waals surface area contributed by atoms with Crippen molar-refractivity contribution < 1.29 is 19.0 Å². The molecule has 2 atom stereocenters. The monoisotopic (exact) mass is 459 g/mol. The number of hydrogen-bond acceptors (Lipinski definition) is 5. The van der Waals surface area contributed by atoms with Crippen LogP contribution >= 0.6 is 0 Å². The highest BCUT2D eigenvalue weighted by Gasteiger charge is 2.30. The molecule has 2 heterocycles. The van der Waals surface area contributed by atoms with Crippen LogP contribution in [0, 0.1) is 13.8 Å². The molecule has 6 nitrogen and oxygen atoms in total. The minimum atomic E-state index is -0.234. The highest BCUT2D eigenvalue weighted by Crippen LogP contribution is 2.43. The number of ether oxygens (including phenoxy) is 3. The number of rotatable bonds is 5. The summed E-state index contributed by atoms with van der Waals surface area (Å²) in [5.41, 5.74) is 7.50. The largest absolute Gasteiger partial charge is 0.492 e. The third kappa shape index (κ3) is 3.77. The maximum absolute atomic E-state index is 12.6. The molecule has 0 saturated heterocycles. The van der Waals surface area contributed by atoms with Crippen molar-refractivity contribution in [2.24, 2.45) is 7.05 Å². The molecule has 0 saturated carbocycles. The van der Waals surface area contributed by atoms with Gasteiger partial charge in [-0.3, -0.25) is 9.59 Å². The number of carbonyl (C=O) groups is 1. The van der Waals surface area contributed by atoms with Gasteiger partial charge in [0.2, 0.25) is 0 Å². The Morgan fingerprint density at radius 3 is 2.79 bits per heavy atom. The second kappa shape index (κ2) is 8.67. The molecule has 5 rings (SSSR count). The number of hydrogen-bond donors (Lipinski definition) is 0. The van der Waals surface area contributed by atoms with Crippen LogP contribution in [0.5, 0.6) is 11.5 Å². The SMILES string of the molecule is COC(=O)CC1COc2cc(OC3CCc4c(-c5c(C)cn(C)c(=O)c5C)cccc43)ccc21. The molecule has 1 aliphatic carbocycles. The average molecular weight is 460 g/mol. The summed E-state index contributed by atoms with van der Waals surface area (Å²) >= 11 is 0. The number of fused-ring (bicyclic) bond motifs is 2. The van der Waals surface area contributed by atoms with Crippen molar-refractivity contribution >= 4 is 5.97 Å². The molecule has 6 heteroatoms. The summed E-state index contributed by atoms with van der Waals surface area (Å²) in [5.74, 6) is 1.30. The minimum Gasteiger partial charge on any atom is -0.492 e. The van der Waals surface area contributed by atoms with Crippen LogP contribution in [0.15, 0.2) is 47.4 Å². The number of aryl methyl sites for hydroxylation is 2. The molecular formula is C28H29NO5. The van der Waals surface area contributed by atoms with Crippen LogP contribution in [0.3, 0.4) is 0 Å². The van der Waals surface area contributed by atoms with Gasteiger partial charge in [0.05, 0.1) is 20.1 Å². The molecule has 0 fully saturated rings. The molecule has 1 aromatic heterocycles. The minimum absolute atomic E-state index is 0.0105. The van der Waals surface area contributed by atoms with Crippen LogP contribution in [-0.2, 0) is 23.0 Å². The van der Waals surface area contributed by atoms with Crippen LogP contribution in [0.1, 0.15) is 52.7 Å². The van der Waals surface area contributed by atoms with Crippen molar-refractivity contribution in [3.8, 4) is 22.6 Å². The van der Waals surface area contributed by atoms with Crippen molar-refractivity contribution in [1.82, 2.24) is 4.57 Å². The molecule has 0 bridgehead atoms. The lowest BCUT2D eigenvalue weighted by molar-refractivity contribution is -0.141. The van der Waals surface area contributed by atoms with E-state index in [0.29, 0.717) is 13.0 Å². The first-order chi connectivity index (χ1) is 16.4. The summed E-state index contributed by atoms with van der Waals surface area (Å²) in [6.45, 7) is 4.44. The van der Waals surface area contributed by atoms with Crippen molar-refractivity contribution in [1.29, 1.82) is 0 Å². The lowest BCUT2D eigenvalue weighted by Gasteiger charge is -2.18. The smallest absolute Gasteiger partial charge is 0.306 e. The zero-order chi connectivity index (χ0) is 24.0.